The van der Waals surface area contributed by atoms with Crippen molar-refractivity contribution >= 4 is 29.1 Å². The number of aliphatic hydroxyl groups excluding tert-OH is 1. The molecule has 0 spiro atoms. The van der Waals surface area contributed by atoms with Crippen LogP contribution in [0.2, 0.25) is 10.0 Å². The van der Waals surface area contributed by atoms with E-state index in [1.807, 2.05) is 31.2 Å². The van der Waals surface area contributed by atoms with E-state index >= 15 is 0 Å². The minimum Gasteiger partial charge on any atom is -0.387 e. The van der Waals surface area contributed by atoms with Crippen LogP contribution in [0, 0.1) is 5.92 Å². The third-order valence-corrected chi connectivity index (χ3v) is 5.48. The SMILES string of the molecule is CC(C[C@H](O)c1ccc(Cl)cn1)[C@@H]1NC(=O)CC[C@@H]1c1cccc(Cl)c1. The van der Waals surface area contributed by atoms with Crippen molar-refractivity contribution < 1.29 is 9.90 Å². The van der Waals surface area contributed by atoms with E-state index in [-0.39, 0.29) is 23.8 Å². The van der Waals surface area contributed by atoms with E-state index in [1.54, 1.807) is 12.1 Å². The lowest BCUT2D eigenvalue weighted by Crippen LogP contribution is -2.47. The number of hydrogen-bond donors (Lipinski definition) is 2. The molecule has 3 rings (SSSR count). The fraction of sp³-hybridized carbons (Fsp3) is 0.400. The molecule has 2 heterocycles. The number of benzene rings is 1. The average molecular weight is 393 g/mol. The van der Waals surface area contributed by atoms with Gasteiger partial charge < -0.3 is 10.4 Å². The van der Waals surface area contributed by atoms with Crippen molar-refractivity contribution in [3.8, 4) is 0 Å². The molecule has 1 aromatic carbocycles. The normalized spacial score (nSPS) is 22.5. The summed E-state index contributed by atoms with van der Waals surface area (Å²) >= 11 is 12.0. The van der Waals surface area contributed by atoms with Crippen LogP contribution < -0.4 is 5.32 Å². The number of nitrogens with zero attached hydrogens (tertiary/aromatic N) is 1. The van der Waals surface area contributed by atoms with Gasteiger partial charge in [-0.2, -0.15) is 0 Å². The van der Waals surface area contributed by atoms with Crippen LogP contribution in [-0.4, -0.2) is 22.0 Å². The van der Waals surface area contributed by atoms with Gasteiger partial charge in [0.05, 0.1) is 16.8 Å². The number of pyridine rings is 1. The molecule has 6 heteroatoms. The van der Waals surface area contributed by atoms with Gasteiger partial charge in [-0.1, -0.05) is 42.3 Å². The predicted molar refractivity (Wildman–Crippen MR) is 103 cm³/mol. The molecule has 4 atom stereocenters. The minimum absolute atomic E-state index is 0.0548. The van der Waals surface area contributed by atoms with E-state index in [2.05, 4.69) is 10.3 Å². The number of amides is 1. The van der Waals surface area contributed by atoms with Crippen molar-refractivity contribution in [3.05, 3.63) is 63.9 Å². The summed E-state index contributed by atoms with van der Waals surface area (Å²) in [7, 11) is 0. The lowest BCUT2D eigenvalue weighted by atomic mass is 9.77. The quantitative estimate of drug-likeness (QED) is 0.786. The van der Waals surface area contributed by atoms with Crippen LogP contribution in [0.25, 0.3) is 0 Å². The first-order valence-corrected chi connectivity index (χ1v) is 9.54. The van der Waals surface area contributed by atoms with Gasteiger partial charge >= 0.3 is 0 Å². The number of hydrogen-bond acceptors (Lipinski definition) is 3. The fourth-order valence-corrected chi connectivity index (χ4v) is 3.99. The predicted octanol–water partition coefficient (Wildman–Crippen LogP) is 4.51. The number of carbonyl (C=O) groups is 1. The van der Waals surface area contributed by atoms with Crippen molar-refractivity contribution in [2.75, 3.05) is 0 Å². The molecule has 1 aromatic heterocycles. The van der Waals surface area contributed by atoms with Gasteiger partial charge in [-0.15, -0.1) is 0 Å². The number of carbonyl (C=O) groups excluding carboxylic acids is 1. The molecule has 1 aliphatic rings. The first-order valence-electron chi connectivity index (χ1n) is 8.78. The molecule has 1 amide bonds. The van der Waals surface area contributed by atoms with Crippen LogP contribution in [-0.2, 0) is 4.79 Å². The Labute approximate surface area is 163 Å². The van der Waals surface area contributed by atoms with Crippen LogP contribution >= 0.6 is 23.2 Å². The van der Waals surface area contributed by atoms with Crippen LogP contribution in [0.4, 0.5) is 0 Å². The van der Waals surface area contributed by atoms with Gasteiger partial charge in [0.2, 0.25) is 5.91 Å². The lowest BCUT2D eigenvalue weighted by molar-refractivity contribution is -0.124. The smallest absolute Gasteiger partial charge is 0.220 e. The van der Waals surface area contributed by atoms with E-state index in [0.29, 0.717) is 28.6 Å². The molecule has 1 fully saturated rings. The molecule has 4 nitrogen and oxygen atoms in total. The Morgan fingerprint density at radius 2 is 2.08 bits per heavy atom. The number of aliphatic hydroxyl groups is 1. The van der Waals surface area contributed by atoms with Crippen molar-refractivity contribution in [1.29, 1.82) is 0 Å². The maximum atomic E-state index is 12.0. The second-order valence-electron chi connectivity index (χ2n) is 6.92. The summed E-state index contributed by atoms with van der Waals surface area (Å²) < 4.78 is 0. The Hall–Kier alpha value is -1.62. The molecule has 0 bridgehead atoms. The summed E-state index contributed by atoms with van der Waals surface area (Å²) in [6.45, 7) is 2.05. The minimum atomic E-state index is -0.707. The summed E-state index contributed by atoms with van der Waals surface area (Å²) in [4.78, 5) is 16.2. The number of aromatic nitrogens is 1. The summed E-state index contributed by atoms with van der Waals surface area (Å²) in [6.07, 6.45) is 2.60. The van der Waals surface area contributed by atoms with Crippen LogP contribution in [0.5, 0.6) is 0 Å². The number of piperidine rings is 1. The van der Waals surface area contributed by atoms with Gasteiger partial charge in [-0.3, -0.25) is 9.78 Å². The third-order valence-electron chi connectivity index (χ3n) is 5.02. The monoisotopic (exact) mass is 392 g/mol. The molecule has 26 heavy (non-hydrogen) atoms. The molecule has 1 saturated heterocycles. The Balaban J connectivity index is 1.76. The molecular formula is C20H22Cl2N2O2. The number of halogens is 2. The molecule has 138 valence electrons. The summed E-state index contributed by atoms with van der Waals surface area (Å²) in [5, 5.41) is 14.9. The third kappa shape index (κ3) is 4.56. The van der Waals surface area contributed by atoms with Gasteiger partial charge in [0, 0.05) is 29.6 Å². The van der Waals surface area contributed by atoms with Crippen molar-refractivity contribution in [1.82, 2.24) is 10.3 Å². The lowest BCUT2D eigenvalue weighted by Gasteiger charge is -2.37. The highest BCUT2D eigenvalue weighted by molar-refractivity contribution is 6.30. The summed E-state index contributed by atoms with van der Waals surface area (Å²) in [5.41, 5.74) is 1.70. The van der Waals surface area contributed by atoms with E-state index in [9.17, 15) is 9.90 Å². The van der Waals surface area contributed by atoms with Gasteiger partial charge in [0.1, 0.15) is 0 Å². The highest BCUT2D eigenvalue weighted by Gasteiger charge is 2.34. The van der Waals surface area contributed by atoms with Gasteiger partial charge in [-0.05, 0) is 48.6 Å². The fourth-order valence-electron chi connectivity index (χ4n) is 3.68. The Kier molecular flexibility index (Phi) is 6.17. The molecule has 0 aliphatic carbocycles. The van der Waals surface area contributed by atoms with Crippen molar-refractivity contribution in [3.63, 3.8) is 0 Å². The Morgan fingerprint density at radius 1 is 1.27 bits per heavy atom. The Morgan fingerprint density at radius 3 is 2.77 bits per heavy atom. The topological polar surface area (TPSA) is 62.2 Å². The molecule has 0 radical (unpaired) electrons. The molecule has 2 N–H and O–H groups in total. The average Bonchev–Trinajstić information content (AvgIpc) is 2.62. The number of nitrogens with one attached hydrogen (secondary N) is 1. The van der Waals surface area contributed by atoms with Crippen molar-refractivity contribution in [2.45, 2.75) is 44.2 Å². The molecular weight excluding hydrogens is 371 g/mol. The molecule has 1 aliphatic heterocycles. The maximum absolute atomic E-state index is 12.0. The second kappa shape index (κ2) is 8.38. The molecule has 1 unspecified atom stereocenters. The first kappa shape index (κ1) is 19.2. The van der Waals surface area contributed by atoms with E-state index in [0.717, 1.165) is 12.0 Å². The zero-order valence-electron chi connectivity index (χ0n) is 14.5. The first-order chi connectivity index (χ1) is 12.4. The standard InChI is InChI=1S/C20H22Cl2N2O2/c1-12(9-18(25)17-7-5-15(22)11-23-17)20-16(6-8-19(26)24-20)13-3-2-4-14(21)10-13/h2-5,7,10-12,16,18,20,25H,6,8-9H2,1H3,(H,24,26)/t12?,16-,18+,20+/m1/s1. The Bertz CT molecular complexity index is 767. The highest BCUT2D eigenvalue weighted by atomic mass is 35.5. The zero-order valence-corrected chi connectivity index (χ0v) is 16.0. The van der Waals surface area contributed by atoms with E-state index in [1.165, 1.54) is 6.20 Å². The largest absolute Gasteiger partial charge is 0.387 e. The van der Waals surface area contributed by atoms with Gasteiger partial charge in [-0.25, -0.2) is 0 Å². The zero-order chi connectivity index (χ0) is 18.7. The van der Waals surface area contributed by atoms with E-state index < -0.39 is 6.10 Å². The molecule has 2 aromatic rings. The summed E-state index contributed by atoms with van der Waals surface area (Å²) in [5.74, 6) is 0.293. The van der Waals surface area contributed by atoms with Gasteiger partial charge in [0.25, 0.3) is 0 Å². The van der Waals surface area contributed by atoms with Gasteiger partial charge in [0.15, 0.2) is 0 Å². The van der Waals surface area contributed by atoms with Crippen LogP contribution in [0.3, 0.4) is 0 Å². The van der Waals surface area contributed by atoms with Crippen LogP contribution in [0.1, 0.15) is 49.5 Å². The summed E-state index contributed by atoms with van der Waals surface area (Å²) in [6, 6.07) is 11.2. The van der Waals surface area contributed by atoms with Crippen LogP contribution in [0.15, 0.2) is 42.6 Å². The maximum Gasteiger partial charge on any atom is 0.220 e. The van der Waals surface area contributed by atoms with Crippen molar-refractivity contribution in [2.24, 2.45) is 5.92 Å². The molecule has 0 saturated carbocycles. The van der Waals surface area contributed by atoms with E-state index in [4.69, 9.17) is 23.2 Å². The number of rotatable bonds is 5. The highest BCUT2D eigenvalue weighted by Crippen LogP contribution is 2.36. The second-order valence-corrected chi connectivity index (χ2v) is 7.80.